The second kappa shape index (κ2) is 9.80. The number of carbonyl (C=O) groups excluding carboxylic acids is 2. The number of carbonyl (C=O) groups is 2. The number of furan rings is 2. The Morgan fingerprint density at radius 3 is 2.31 bits per heavy atom. The van der Waals surface area contributed by atoms with E-state index in [2.05, 4.69) is 20.7 Å². The van der Waals surface area contributed by atoms with Crippen LogP contribution in [-0.2, 0) is 16.1 Å². The monoisotopic (exact) mass is 490 g/mol. The van der Waals surface area contributed by atoms with Crippen molar-refractivity contribution >= 4 is 17.5 Å². The number of hydrogen-bond acceptors (Lipinski definition) is 7. The fourth-order valence-corrected chi connectivity index (χ4v) is 3.82. The van der Waals surface area contributed by atoms with Gasteiger partial charge in [-0.3, -0.25) is 14.5 Å². The van der Waals surface area contributed by atoms with Crippen molar-refractivity contribution in [2.75, 3.05) is 4.90 Å². The number of nitrogens with zero attached hydrogens (tertiary/aromatic N) is 5. The molecule has 2 amide bonds. The fraction of sp³-hybridized carbons (Fsp3) is 0.346. The number of hydrogen-bond donors (Lipinski definition) is 1. The molecule has 0 radical (unpaired) electrons. The second-order valence-corrected chi connectivity index (χ2v) is 9.69. The van der Waals surface area contributed by atoms with Gasteiger partial charge in [-0.25, -0.2) is 0 Å². The molecule has 3 aromatic heterocycles. The lowest BCUT2D eigenvalue weighted by atomic mass is 10.0. The number of aryl methyl sites for hydroxylation is 3. The standard InChI is InChI=1S/C26H30N6O4/c1-16-9-7-8-10-19(16)32(23(20-13-11-17(2)35-20)25(34)27-26(4,5)6)22(33)15-31-29-24(28-30-31)21-14-12-18(3)36-21/h7-14,23H,15H2,1-6H3,(H,27,34). The summed E-state index contributed by atoms with van der Waals surface area (Å²) in [6, 6.07) is 13.3. The first-order chi connectivity index (χ1) is 17.0. The summed E-state index contributed by atoms with van der Waals surface area (Å²) in [6.07, 6.45) is 0. The highest BCUT2D eigenvalue weighted by Gasteiger charge is 2.37. The van der Waals surface area contributed by atoms with Crippen LogP contribution in [0.3, 0.4) is 0 Å². The van der Waals surface area contributed by atoms with Gasteiger partial charge in [-0.15, -0.1) is 10.2 Å². The first-order valence-corrected chi connectivity index (χ1v) is 11.6. The molecule has 0 bridgehead atoms. The number of para-hydroxylation sites is 1. The van der Waals surface area contributed by atoms with Crippen LogP contribution in [-0.4, -0.2) is 37.6 Å². The minimum atomic E-state index is -1.05. The van der Waals surface area contributed by atoms with Crippen molar-refractivity contribution in [2.24, 2.45) is 0 Å². The molecule has 36 heavy (non-hydrogen) atoms. The highest BCUT2D eigenvalue weighted by molar-refractivity contribution is 6.01. The van der Waals surface area contributed by atoms with Gasteiger partial charge in [0.05, 0.1) is 0 Å². The van der Waals surface area contributed by atoms with E-state index in [4.69, 9.17) is 8.83 Å². The van der Waals surface area contributed by atoms with E-state index >= 15 is 0 Å². The van der Waals surface area contributed by atoms with E-state index in [0.29, 0.717) is 28.7 Å². The van der Waals surface area contributed by atoms with E-state index in [1.807, 2.05) is 52.8 Å². The molecular formula is C26H30N6O4. The molecule has 0 spiro atoms. The van der Waals surface area contributed by atoms with Gasteiger partial charge in [0.2, 0.25) is 5.82 Å². The molecule has 0 aliphatic carbocycles. The Labute approximate surface area is 209 Å². The molecule has 1 unspecified atom stereocenters. The van der Waals surface area contributed by atoms with E-state index in [0.717, 1.165) is 5.56 Å². The van der Waals surface area contributed by atoms with Crippen molar-refractivity contribution in [3.8, 4) is 11.6 Å². The van der Waals surface area contributed by atoms with Gasteiger partial charge in [-0.05, 0) is 82.7 Å². The van der Waals surface area contributed by atoms with Crippen LogP contribution in [0, 0.1) is 20.8 Å². The molecule has 4 rings (SSSR count). The lowest BCUT2D eigenvalue weighted by molar-refractivity contribution is -0.128. The normalized spacial score (nSPS) is 12.4. The van der Waals surface area contributed by atoms with Gasteiger partial charge in [-0.1, -0.05) is 18.2 Å². The minimum absolute atomic E-state index is 0.250. The zero-order valence-electron chi connectivity index (χ0n) is 21.3. The molecule has 0 saturated carbocycles. The smallest absolute Gasteiger partial charge is 0.251 e. The topological polar surface area (TPSA) is 119 Å². The summed E-state index contributed by atoms with van der Waals surface area (Å²) in [4.78, 5) is 30.1. The molecular weight excluding hydrogens is 460 g/mol. The van der Waals surface area contributed by atoms with E-state index in [9.17, 15) is 9.59 Å². The predicted octanol–water partition coefficient (Wildman–Crippen LogP) is 4.14. The summed E-state index contributed by atoms with van der Waals surface area (Å²) in [5.74, 6) is 1.64. The Kier molecular flexibility index (Phi) is 6.78. The average Bonchev–Trinajstić information content (AvgIpc) is 3.53. The first-order valence-electron chi connectivity index (χ1n) is 11.6. The van der Waals surface area contributed by atoms with Crippen molar-refractivity contribution in [3.05, 3.63) is 71.4 Å². The molecule has 0 aliphatic rings. The average molecular weight is 491 g/mol. The zero-order valence-corrected chi connectivity index (χ0v) is 21.3. The number of rotatable bonds is 7. The maximum Gasteiger partial charge on any atom is 0.251 e. The Hall–Kier alpha value is -4.21. The van der Waals surface area contributed by atoms with Crippen LogP contribution in [0.2, 0.25) is 0 Å². The minimum Gasteiger partial charge on any atom is -0.464 e. The van der Waals surface area contributed by atoms with Crippen LogP contribution in [0.4, 0.5) is 5.69 Å². The number of benzene rings is 1. The molecule has 4 aromatic rings. The number of amides is 2. The maximum atomic E-state index is 13.9. The molecule has 0 aliphatic heterocycles. The summed E-state index contributed by atoms with van der Waals surface area (Å²) in [5.41, 5.74) is 0.870. The molecule has 188 valence electrons. The number of anilines is 1. The Balaban J connectivity index is 1.74. The molecule has 3 heterocycles. The lowest BCUT2D eigenvalue weighted by Crippen LogP contribution is -2.50. The van der Waals surface area contributed by atoms with Crippen LogP contribution < -0.4 is 10.2 Å². The summed E-state index contributed by atoms with van der Waals surface area (Å²) in [5, 5.41) is 15.3. The highest BCUT2D eigenvalue weighted by atomic mass is 16.3. The molecule has 10 heteroatoms. The van der Waals surface area contributed by atoms with Gasteiger partial charge in [0.25, 0.3) is 11.8 Å². The van der Waals surface area contributed by atoms with Gasteiger partial charge >= 0.3 is 0 Å². The Morgan fingerprint density at radius 1 is 1.00 bits per heavy atom. The van der Waals surface area contributed by atoms with Crippen molar-refractivity contribution in [3.63, 3.8) is 0 Å². The van der Waals surface area contributed by atoms with Crippen LogP contribution in [0.1, 0.15) is 49.7 Å². The van der Waals surface area contributed by atoms with Crippen molar-refractivity contribution in [2.45, 2.75) is 59.7 Å². The van der Waals surface area contributed by atoms with Crippen molar-refractivity contribution < 1.29 is 18.4 Å². The van der Waals surface area contributed by atoms with Crippen LogP contribution >= 0.6 is 0 Å². The van der Waals surface area contributed by atoms with Crippen LogP contribution in [0.15, 0.2) is 57.4 Å². The second-order valence-electron chi connectivity index (χ2n) is 9.69. The van der Waals surface area contributed by atoms with Gasteiger partial charge in [0.15, 0.2) is 11.8 Å². The van der Waals surface area contributed by atoms with Gasteiger partial charge in [0, 0.05) is 11.2 Å². The van der Waals surface area contributed by atoms with E-state index in [1.54, 1.807) is 37.3 Å². The van der Waals surface area contributed by atoms with Gasteiger partial charge in [0.1, 0.15) is 23.8 Å². The molecule has 0 saturated heterocycles. The fourth-order valence-electron chi connectivity index (χ4n) is 3.82. The van der Waals surface area contributed by atoms with E-state index in [1.165, 1.54) is 9.70 Å². The van der Waals surface area contributed by atoms with E-state index < -0.39 is 17.5 Å². The SMILES string of the molecule is Cc1ccc(-c2nnn(CC(=O)N(c3ccccc3C)C(C(=O)NC(C)(C)C)c3ccc(C)o3)n2)o1. The first kappa shape index (κ1) is 24.9. The number of tetrazole rings is 1. The summed E-state index contributed by atoms with van der Waals surface area (Å²) in [7, 11) is 0. The lowest BCUT2D eigenvalue weighted by Gasteiger charge is -2.33. The van der Waals surface area contributed by atoms with Crippen LogP contribution in [0.25, 0.3) is 11.6 Å². The third kappa shape index (κ3) is 5.54. The zero-order chi connectivity index (χ0) is 26.0. The molecule has 1 atom stereocenters. The van der Waals surface area contributed by atoms with Gasteiger partial charge < -0.3 is 14.2 Å². The highest BCUT2D eigenvalue weighted by Crippen LogP contribution is 2.32. The molecule has 10 nitrogen and oxygen atoms in total. The molecule has 1 aromatic carbocycles. The summed E-state index contributed by atoms with van der Waals surface area (Å²) < 4.78 is 11.4. The quantitative estimate of drug-likeness (QED) is 0.413. The van der Waals surface area contributed by atoms with Crippen LogP contribution in [0.5, 0.6) is 0 Å². The largest absolute Gasteiger partial charge is 0.464 e. The number of aromatic nitrogens is 4. The van der Waals surface area contributed by atoms with E-state index in [-0.39, 0.29) is 18.3 Å². The predicted molar refractivity (Wildman–Crippen MR) is 133 cm³/mol. The maximum absolute atomic E-state index is 13.9. The third-order valence-corrected chi connectivity index (χ3v) is 5.37. The summed E-state index contributed by atoms with van der Waals surface area (Å²) in [6.45, 7) is 10.9. The van der Waals surface area contributed by atoms with Crippen molar-refractivity contribution in [1.29, 1.82) is 0 Å². The van der Waals surface area contributed by atoms with Gasteiger partial charge in [-0.2, -0.15) is 4.80 Å². The Morgan fingerprint density at radius 2 is 1.69 bits per heavy atom. The molecule has 0 fully saturated rings. The number of nitrogens with one attached hydrogen (secondary N) is 1. The summed E-state index contributed by atoms with van der Waals surface area (Å²) >= 11 is 0. The van der Waals surface area contributed by atoms with Crippen molar-refractivity contribution in [1.82, 2.24) is 25.5 Å². The third-order valence-electron chi connectivity index (χ3n) is 5.37. The molecule has 1 N–H and O–H groups in total. The Bertz CT molecular complexity index is 1380.